The second-order valence-electron chi connectivity index (χ2n) is 5.44. The molecule has 0 bridgehead atoms. The van der Waals surface area contributed by atoms with Gasteiger partial charge in [0.25, 0.3) is 5.69 Å². The van der Waals surface area contributed by atoms with E-state index >= 15 is 0 Å². The topological polar surface area (TPSA) is 278 Å². The lowest BCUT2D eigenvalue weighted by atomic mass is 10.1. The summed E-state index contributed by atoms with van der Waals surface area (Å²) in [6.07, 6.45) is -4.27. The molecule has 1 aromatic heterocycles. The van der Waals surface area contributed by atoms with Gasteiger partial charge >= 0.3 is 7.82 Å². The number of phosphoric acid groups is 3. The summed E-state index contributed by atoms with van der Waals surface area (Å²) in [5, 5.41) is 30.6. The van der Waals surface area contributed by atoms with Gasteiger partial charge in [0.15, 0.2) is 6.23 Å². The number of hydrogen-bond donors (Lipinski definition) is 3. The first-order valence-electron chi connectivity index (χ1n) is 7.17. The third-order valence-electron chi connectivity index (χ3n) is 3.34. The molecule has 2 heterocycles. The van der Waals surface area contributed by atoms with E-state index in [2.05, 4.69) is 13.1 Å². The summed E-state index contributed by atoms with van der Waals surface area (Å²) in [6, 6.07) is 1.06. The average molecular weight is 481 g/mol. The molecule has 29 heavy (non-hydrogen) atoms. The van der Waals surface area contributed by atoms with E-state index in [-0.39, 0.29) is 5.69 Å². The van der Waals surface area contributed by atoms with Crippen molar-refractivity contribution >= 4 is 29.9 Å². The summed E-state index contributed by atoms with van der Waals surface area (Å²) in [5.41, 5.74) is -0.361. The highest BCUT2D eigenvalue weighted by Gasteiger charge is 2.46. The van der Waals surface area contributed by atoms with E-state index in [9.17, 15) is 49.4 Å². The first-order chi connectivity index (χ1) is 13.1. The van der Waals surface area contributed by atoms with Crippen LogP contribution in [0.3, 0.4) is 0 Å². The van der Waals surface area contributed by atoms with Crippen LogP contribution >= 0.6 is 24.2 Å². The van der Waals surface area contributed by atoms with Gasteiger partial charge in [0.05, 0.1) is 11.1 Å². The van der Waals surface area contributed by atoms with Gasteiger partial charge in [-0.15, -0.1) is 8.62 Å². The number of rotatable bonds is 9. The highest BCUT2D eigenvalue weighted by atomic mass is 31.3. The fraction of sp³-hybridized carbons (Fsp3) is 0.556. The Morgan fingerprint density at radius 3 is 2.34 bits per heavy atom. The first kappa shape index (κ1) is 24.6. The van der Waals surface area contributed by atoms with E-state index in [1.165, 1.54) is 0 Å². The Labute approximate surface area is 162 Å². The van der Waals surface area contributed by atoms with Crippen LogP contribution < -0.4 is 24.5 Å². The van der Waals surface area contributed by atoms with Gasteiger partial charge in [-0.3, -0.25) is 15.0 Å². The van der Waals surface area contributed by atoms with E-state index in [1.54, 1.807) is 0 Å². The maximum Gasteiger partial charge on any atom is 0.540 e. The summed E-state index contributed by atoms with van der Waals surface area (Å²) in [4.78, 5) is 72.7. The average Bonchev–Trinajstić information content (AvgIpc) is 3.09. The minimum absolute atomic E-state index is 0.361. The first-order valence-corrected chi connectivity index (χ1v) is 11.6. The molecule has 1 fully saturated rings. The molecule has 20 heteroatoms. The molecule has 0 spiro atoms. The number of aromatic nitrogens is 1. The standard InChI is InChI=1S/C9H15N2O15P3/c12-7-6(4-23-28(19,20)26-29(21,22)25-27(16,17)18)24-9(8(7)13)10-2-1-5(3-10)11(14)15/h1-3,6-9,12-13H,4H2,(H,19,20)(H,21,22)(H2,16,17,18)/p-3/t6-,7-,8-,9-/m1/s1. The van der Waals surface area contributed by atoms with Crippen LogP contribution in [0.5, 0.6) is 0 Å². The van der Waals surface area contributed by atoms with Gasteiger partial charge in [-0.1, -0.05) is 0 Å². The van der Waals surface area contributed by atoms with E-state index in [4.69, 9.17) is 9.63 Å². The quantitative estimate of drug-likeness (QED) is 0.170. The zero-order valence-electron chi connectivity index (χ0n) is 13.7. The zero-order chi connectivity index (χ0) is 22.2. The van der Waals surface area contributed by atoms with Gasteiger partial charge in [-0.25, -0.2) is 9.09 Å². The number of nitro groups is 1. The fourth-order valence-electron chi connectivity index (χ4n) is 2.24. The molecule has 2 rings (SSSR count). The molecule has 166 valence electrons. The number of ether oxygens (including phenoxy) is 1. The van der Waals surface area contributed by atoms with E-state index in [0.717, 1.165) is 23.0 Å². The monoisotopic (exact) mass is 481 g/mol. The van der Waals surface area contributed by atoms with Crippen LogP contribution in [-0.2, 0) is 22.4 Å². The van der Waals surface area contributed by atoms with Crippen molar-refractivity contribution in [3.63, 3.8) is 0 Å². The molecule has 0 saturated carbocycles. The van der Waals surface area contributed by atoms with E-state index < -0.39 is 60.2 Å². The van der Waals surface area contributed by atoms with E-state index in [1.807, 2.05) is 0 Å². The van der Waals surface area contributed by atoms with Crippen LogP contribution in [0, 0.1) is 10.1 Å². The Morgan fingerprint density at radius 2 is 1.83 bits per heavy atom. The van der Waals surface area contributed by atoms with Crippen molar-refractivity contribution < 1.29 is 66.9 Å². The molecule has 0 radical (unpaired) electrons. The summed E-state index contributed by atoms with van der Waals surface area (Å²) in [6.45, 7) is -1.09. The Morgan fingerprint density at radius 1 is 1.21 bits per heavy atom. The molecule has 0 aliphatic carbocycles. The van der Waals surface area contributed by atoms with Gasteiger partial charge in [-0.05, 0) is 0 Å². The maximum atomic E-state index is 11.5. The van der Waals surface area contributed by atoms with Crippen LogP contribution in [0.4, 0.5) is 5.69 Å². The second-order valence-corrected chi connectivity index (χ2v) is 9.73. The smallest absolute Gasteiger partial charge is 0.540 e. The van der Waals surface area contributed by atoms with Gasteiger partial charge in [0.1, 0.15) is 24.9 Å². The Kier molecular flexibility index (Phi) is 7.45. The van der Waals surface area contributed by atoms with Crippen LogP contribution in [0.1, 0.15) is 6.23 Å². The number of aliphatic hydroxyl groups is 2. The maximum absolute atomic E-state index is 11.5. The molecular formula is C9H12N2O15P3-3. The van der Waals surface area contributed by atoms with Gasteiger partial charge < -0.3 is 44.0 Å². The Hall–Kier alpha value is -0.710. The highest BCUT2D eigenvalue weighted by Crippen LogP contribution is 2.65. The van der Waals surface area contributed by atoms with Gasteiger partial charge in [0.2, 0.25) is 8.17 Å². The van der Waals surface area contributed by atoms with Crippen LogP contribution in [-0.4, -0.2) is 49.5 Å². The lowest BCUT2D eigenvalue weighted by molar-refractivity contribution is -0.450. The molecule has 17 nitrogen and oxygen atoms in total. The van der Waals surface area contributed by atoms with Crippen molar-refractivity contribution in [1.29, 1.82) is 0 Å². The Balaban J connectivity index is 1.99. The third-order valence-corrected chi connectivity index (χ3v) is 7.06. The SMILES string of the molecule is O=[N+]([O-])c1ccn([C@@H]2O[C@H](CO[P+]([O-])([O-])OP(=O)(O)O[P+]([O-])([O-])[O-])[C@@H](O)[C@H]2O)c1. The second kappa shape index (κ2) is 8.80. The normalized spacial score (nSPS) is 27.7. The molecule has 3 N–H and O–H groups in total. The van der Waals surface area contributed by atoms with E-state index in [0.29, 0.717) is 0 Å². The zero-order valence-corrected chi connectivity index (χ0v) is 16.4. The number of phosphoric ester groups is 1. The van der Waals surface area contributed by atoms with Crippen molar-refractivity contribution in [3.8, 4) is 0 Å². The molecule has 5 atom stereocenters. The lowest BCUT2D eigenvalue weighted by Crippen LogP contribution is -2.36. The molecule has 1 saturated heterocycles. The number of aliphatic hydroxyl groups excluding tert-OH is 2. The molecule has 0 aromatic carbocycles. The minimum Gasteiger partial charge on any atom is -0.663 e. The third kappa shape index (κ3) is 6.90. The van der Waals surface area contributed by atoms with Crippen LogP contribution in [0.2, 0.25) is 0 Å². The molecule has 0 amide bonds. The minimum atomic E-state index is -6.08. The van der Waals surface area contributed by atoms with Crippen molar-refractivity contribution in [2.75, 3.05) is 6.61 Å². The van der Waals surface area contributed by atoms with Crippen molar-refractivity contribution in [2.45, 2.75) is 24.5 Å². The molecule has 1 unspecified atom stereocenters. The molecule has 1 aromatic rings. The molecule has 1 aliphatic rings. The van der Waals surface area contributed by atoms with Crippen molar-refractivity contribution in [1.82, 2.24) is 4.57 Å². The summed E-state index contributed by atoms with van der Waals surface area (Å²) in [7, 11) is -17.7. The number of nitrogens with zero attached hydrogens (tertiary/aromatic N) is 2. The van der Waals surface area contributed by atoms with Crippen LogP contribution in [0.25, 0.3) is 0 Å². The fourth-order valence-corrected chi connectivity index (χ4v) is 5.16. The molecular weight excluding hydrogens is 469 g/mol. The summed E-state index contributed by atoms with van der Waals surface area (Å²) >= 11 is 0. The summed E-state index contributed by atoms with van der Waals surface area (Å²) in [5.74, 6) is 0. The van der Waals surface area contributed by atoms with Crippen molar-refractivity contribution in [2.24, 2.45) is 0 Å². The van der Waals surface area contributed by atoms with Crippen LogP contribution in [0.15, 0.2) is 18.5 Å². The highest BCUT2D eigenvalue weighted by molar-refractivity contribution is 7.68. The number of hydrogen-bond acceptors (Lipinski definition) is 14. The Bertz CT molecular complexity index is 779. The van der Waals surface area contributed by atoms with Crippen molar-refractivity contribution in [3.05, 3.63) is 28.6 Å². The largest absolute Gasteiger partial charge is 0.663 e. The van der Waals surface area contributed by atoms with Gasteiger partial charge in [0, 0.05) is 20.4 Å². The summed E-state index contributed by atoms with van der Waals surface area (Å²) < 4.78 is 28.1. The molecule has 1 aliphatic heterocycles. The lowest BCUT2D eigenvalue weighted by Gasteiger charge is -2.39. The van der Waals surface area contributed by atoms with Gasteiger partial charge in [-0.2, -0.15) is 0 Å². The predicted molar refractivity (Wildman–Crippen MR) is 78.8 cm³/mol. The predicted octanol–water partition coefficient (Wildman–Crippen LogP) is -4.68.